The molecule has 4 heteroatoms. The van der Waals surface area contributed by atoms with Crippen LogP contribution in [0.4, 0.5) is 4.79 Å². The van der Waals surface area contributed by atoms with Gasteiger partial charge in [-0.05, 0) is 18.1 Å². The highest BCUT2D eigenvalue weighted by Gasteiger charge is 2.52. The second-order valence-corrected chi connectivity index (χ2v) is 5.75. The Bertz CT molecular complexity index is 660. The topological polar surface area (TPSA) is 49.4 Å². The molecule has 2 aromatic rings. The number of benzene rings is 2. The largest absolute Gasteiger partial charge is 0.324 e. The molecule has 0 radical (unpaired) electrons. The number of imide groups is 1. The van der Waals surface area contributed by atoms with Crippen molar-refractivity contribution in [3.63, 3.8) is 0 Å². The lowest BCUT2D eigenvalue weighted by Crippen LogP contribution is -2.49. The summed E-state index contributed by atoms with van der Waals surface area (Å²) in [6, 6.07) is 19.2. The van der Waals surface area contributed by atoms with Crippen LogP contribution in [0.25, 0.3) is 0 Å². The summed E-state index contributed by atoms with van der Waals surface area (Å²) in [4.78, 5) is 25.8. The molecule has 1 heterocycles. The van der Waals surface area contributed by atoms with Crippen LogP contribution in [-0.4, -0.2) is 29.4 Å². The van der Waals surface area contributed by atoms with Crippen molar-refractivity contribution >= 4 is 11.9 Å². The number of carbonyl (C=O) groups excluding carboxylic acids is 2. The monoisotopic (exact) mass is 294 g/mol. The van der Waals surface area contributed by atoms with E-state index in [4.69, 9.17) is 0 Å². The summed E-state index contributed by atoms with van der Waals surface area (Å²) in [5.74, 6) is -0.452. The average molecular weight is 294 g/mol. The van der Waals surface area contributed by atoms with Crippen LogP contribution in [0.1, 0.15) is 24.0 Å². The number of hydrogen-bond acceptors (Lipinski definition) is 2. The van der Waals surface area contributed by atoms with Crippen molar-refractivity contribution in [2.75, 3.05) is 7.05 Å². The molecular formula is C18H18N2O2. The van der Waals surface area contributed by atoms with Gasteiger partial charge in [-0.25, -0.2) is 4.79 Å². The molecule has 0 spiro atoms. The van der Waals surface area contributed by atoms with Gasteiger partial charge in [0.15, 0.2) is 0 Å². The number of amides is 3. The Labute approximate surface area is 129 Å². The Morgan fingerprint density at radius 2 is 1.36 bits per heavy atom. The van der Waals surface area contributed by atoms with Crippen molar-refractivity contribution in [1.29, 1.82) is 0 Å². The van der Waals surface area contributed by atoms with Gasteiger partial charge in [0.1, 0.15) is 5.54 Å². The summed E-state index contributed by atoms with van der Waals surface area (Å²) in [7, 11) is 1.51. The lowest BCUT2D eigenvalue weighted by molar-refractivity contribution is -0.130. The summed E-state index contributed by atoms with van der Waals surface area (Å²) < 4.78 is 0. The molecule has 0 bridgehead atoms. The highest BCUT2D eigenvalue weighted by Crippen LogP contribution is 2.38. The fourth-order valence-corrected chi connectivity index (χ4v) is 3.15. The molecule has 112 valence electrons. The lowest BCUT2D eigenvalue weighted by Gasteiger charge is -2.32. The van der Waals surface area contributed by atoms with Crippen LogP contribution < -0.4 is 5.32 Å². The van der Waals surface area contributed by atoms with Crippen molar-refractivity contribution in [3.8, 4) is 0 Å². The van der Waals surface area contributed by atoms with Crippen LogP contribution in [0.5, 0.6) is 0 Å². The van der Waals surface area contributed by atoms with Gasteiger partial charge in [-0.3, -0.25) is 9.69 Å². The number of carbonyl (C=O) groups is 2. The Morgan fingerprint density at radius 3 is 1.73 bits per heavy atom. The highest BCUT2D eigenvalue weighted by molar-refractivity contribution is 6.07. The molecule has 1 unspecified atom stereocenters. The molecule has 1 atom stereocenters. The van der Waals surface area contributed by atoms with Crippen molar-refractivity contribution < 1.29 is 9.59 Å². The third-order valence-corrected chi connectivity index (χ3v) is 4.26. The minimum Gasteiger partial charge on any atom is -0.322 e. The van der Waals surface area contributed by atoms with Gasteiger partial charge in [0.25, 0.3) is 5.91 Å². The molecular weight excluding hydrogens is 276 g/mol. The van der Waals surface area contributed by atoms with Gasteiger partial charge in [-0.15, -0.1) is 0 Å². The zero-order chi connectivity index (χ0) is 15.7. The maximum atomic E-state index is 12.7. The average Bonchev–Trinajstić information content (AvgIpc) is 2.73. The van der Waals surface area contributed by atoms with Crippen molar-refractivity contribution in [2.24, 2.45) is 0 Å². The van der Waals surface area contributed by atoms with Crippen LogP contribution in [-0.2, 0) is 4.79 Å². The fourth-order valence-electron chi connectivity index (χ4n) is 3.15. The van der Waals surface area contributed by atoms with Crippen LogP contribution in [0.2, 0.25) is 0 Å². The standard InChI is InChI=1S/C18H18N2O2/c1-18(16(21)20(2)17(22)19-18)15(13-9-5-3-6-10-13)14-11-7-4-8-12-14/h3-12,15H,1-2H3,(H,19,22). The number of urea groups is 1. The van der Waals surface area contributed by atoms with Crippen molar-refractivity contribution in [1.82, 2.24) is 10.2 Å². The summed E-state index contributed by atoms with van der Waals surface area (Å²) in [6.45, 7) is 1.79. The van der Waals surface area contributed by atoms with Gasteiger partial charge in [0.05, 0.1) is 0 Å². The molecule has 1 fully saturated rings. The molecule has 0 aliphatic carbocycles. The van der Waals surface area contributed by atoms with Gasteiger partial charge >= 0.3 is 6.03 Å². The third-order valence-electron chi connectivity index (χ3n) is 4.26. The Kier molecular flexibility index (Phi) is 3.45. The van der Waals surface area contributed by atoms with E-state index in [9.17, 15) is 9.59 Å². The molecule has 0 saturated carbocycles. The minimum absolute atomic E-state index is 0.213. The highest BCUT2D eigenvalue weighted by atomic mass is 16.2. The van der Waals surface area contributed by atoms with Crippen LogP contribution in [0.15, 0.2) is 60.7 Å². The third kappa shape index (κ3) is 2.17. The summed E-state index contributed by atoms with van der Waals surface area (Å²) in [5, 5.41) is 2.86. The maximum Gasteiger partial charge on any atom is 0.324 e. The minimum atomic E-state index is -0.992. The van der Waals surface area contributed by atoms with E-state index in [1.54, 1.807) is 6.92 Å². The maximum absolute atomic E-state index is 12.7. The van der Waals surface area contributed by atoms with Gasteiger partial charge in [-0.1, -0.05) is 60.7 Å². The summed E-state index contributed by atoms with van der Waals surface area (Å²) >= 11 is 0. The van der Waals surface area contributed by atoms with Gasteiger partial charge in [0, 0.05) is 13.0 Å². The molecule has 2 aromatic carbocycles. The van der Waals surface area contributed by atoms with Crippen molar-refractivity contribution in [2.45, 2.75) is 18.4 Å². The molecule has 1 aliphatic rings. The first-order valence-corrected chi connectivity index (χ1v) is 7.24. The summed E-state index contributed by atoms with van der Waals surface area (Å²) in [6.07, 6.45) is 0. The SMILES string of the molecule is CN1C(=O)NC(C)(C(c2ccccc2)c2ccccc2)C1=O. The number of hydrogen-bond donors (Lipinski definition) is 1. The number of nitrogens with zero attached hydrogens (tertiary/aromatic N) is 1. The Hall–Kier alpha value is -2.62. The van der Waals surface area contributed by atoms with Gasteiger partial charge in [0.2, 0.25) is 0 Å². The van der Waals surface area contributed by atoms with E-state index in [1.807, 2.05) is 60.7 Å². The van der Waals surface area contributed by atoms with Crippen molar-refractivity contribution in [3.05, 3.63) is 71.8 Å². The molecule has 1 saturated heterocycles. The van der Waals surface area contributed by atoms with E-state index in [0.29, 0.717) is 0 Å². The second-order valence-electron chi connectivity index (χ2n) is 5.75. The van der Waals surface area contributed by atoms with E-state index < -0.39 is 5.54 Å². The zero-order valence-electron chi connectivity index (χ0n) is 12.6. The quantitative estimate of drug-likeness (QED) is 0.885. The van der Waals surface area contributed by atoms with E-state index in [1.165, 1.54) is 7.05 Å². The van der Waals surface area contributed by atoms with Crippen LogP contribution in [0.3, 0.4) is 0 Å². The lowest BCUT2D eigenvalue weighted by atomic mass is 9.76. The van der Waals surface area contributed by atoms with E-state index >= 15 is 0 Å². The molecule has 3 rings (SSSR count). The van der Waals surface area contributed by atoms with Gasteiger partial charge < -0.3 is 5.32 Å². The zero-order valence-corrected chi connectivity index (χ0v) is 12.6. The number of likely N-dealkylation sites (N-methyl/N-ethyl adjacent to an activating group) is 1. The molecule has 4 nitrogen and oxygen atoms in total. The predicted octanol–water partition coefficient (Wildman–Crippen LogP) is 2.76. The van der Waals surface area contributed by atoms with E-state index in [2.05, 4.69) is 5.32 Å². The first kappa shape index (κ1) is 14.3. The molecule has 1 N–H and O–H groups in total. The number of nitrogens with one attached hydrogen (secondary N) is 1. The van der Waals surface area contributed by atoms with E-state index in [-0.39, 0.29) is 17.9 Å². The predicted molar refractivity (Wildman–Crippen MR) is 84.4 cm³/mol. The Morgan fingerprint density at radius 1 is 0.909 bits per heavy atom. The first-order chi connectivity index (χ1) is 10.5. The van der Waals surface area contributed by atoms with E-state index in [0.717, 1.165) is 16.0 Å². The number of rotatable bonds is 3. The molecule has 22 heavy (non-hydrogen) atoms. The van der Waals surface area contributed by atoms with Crippen LogP contribution >= 0.6 is 0 Å². The summed E-state index contributed by atoms with van der Waals surface area (Å²) in [5.41, 5.74) is 1.01. The normalized spacial score (nSPS) is 21.3. The van der Waals surface area contributed by atoms with Crippen LogP contribution in [0, 0.1) is 0 Å². The first-order valence-electron chi connectivity index (χ1n) is 7.24. The van der Waals surface area contributed by atoms with Gasteiger partial charge in [-0.2, -0.15) is 0 Å². The fraction of sp³-hybridized carbons (Fsp3) is 0.222. The molecule has 0 aromatic heterocycles. The molecule has 1 aliphatic heterocycles. The second kappa shape index (κ2) is 5.30. The Balaban J connectivity index is 2.15. The molecule has 3 amide bonds. The smallest absolute Gasteiger partial charge is 0.322 e.